The zero-order valence-corrected chi connectivity index (χ0v) is 14.6. The van der Waals surface area contributed by atoms with E-state index in [4.69, 9.17) is 4.74 Å². The molecular formula is C17H34O2S. The molecule has 0 aliphatic rings. The van der Waals surface area contributed by atoms with Crippen LogP contribution in [0.4, 0.5) is 0 Å². The van der Waals surface area contributed by atoms with Gasteiger partial charge in [0.15, 0.2) is 0 Å². The Morgan fingerprint density at radius 2 is 1.45 bits per heavy atom. The van der Waals surface area contributed by atoms with Crippen molar-refractivity contribution in [1.82, 2.24) is 0 Å². The molecule has 0 atom stereocenters. The Labute approximate surface area is 131 Å². The molecule has 0 bridgehead atoms. The first kappa shape index (κ1) is 19.8. The minimum atomic E-state index is -0.318. The summed E-state index contributed by atoms with van der Waals surface area (Å²) in [6.07, 6.45) is 13.3. The molecule has 0 radical (unpaired) electrons. The quantitative estimate of drug-likeness (QED) is 0.274. The van der Waals surface area contributed by atoms with Crippen LogP contribution < -0.4 is 0 Å². The van der Waals surface area contributed by atoms with E-state index in [0.717, 1.165) is 12.8 Å². The number of rotatable bonds is 13. The molecule has 0 aromatic rings. The highest BCUT2D eigenvalue weighted by atomic mass is 32.1. The molecule has 0 aromatic carbocycles. The Morgan fingerprint density at radius 1 is 0.950 bits per heavy atom. The lowest BCUT2D eigenvalue weighted by Crippen LogP contribution is -2.28. The first-order chi connectivity index (χ1) is 9.52. The molecule has 20 heavy (non-hydrogen) atoms. The molecule has 0 aliphatic carbocycles. The third kappa shape index (κ3) is 12.8. The summed E-state index contributed by atoms with van der Waals surface area (Å²) in [5.41, 5.74) is -0.318. The van der Waals surface area contributed by atoms with Crippen molar-refractivity contribution in [2.24, 2.45) is 0 Å². The molecule has 0 unspecified atom stereocenters. The highest BCUT2D eigenvalue weighted by Crippen LogP contribution is 2.20. The molecule has 0 amide bonds. The van der Waals surface area contributed by atoms with Crippen molar-refractivity contribution in [3.05, 3.63) is 0 Å². The van der Waals surface area contributed by atoms with E-state index < -0.39 is 0 Å². The Balaban J connectivity index is 3.46. The number of hydrogen-bond acceptors (Lipinski definition) is 3. The summed E-state index contributed by atoms with van der Waals surface area (Å²) in [5, 5.41) is 0. The summed E-state index contributed by atoms with van der Waals surface area (Å²) in [6.45, 7) is 6.27. The Morgan fingerprint density at radius 3 is 1.95 bits per heavy atom. The highest BCUT2D eigenvalue weighted by Gasteiger charge is 2.21. The van der Waals surface area contributed by atoms with Crippen LogP contribution in [0.25, 0.3) is 0 Å². The van der Waals surface area contributed by atoms with Gasteiger partial charge in [0.2, 0.25) is 0 Å². The van der Waals surface area contributed by atoms with Crippen LogP contribution in [0.3, 0.4) is 0 Å². The third-order valence-corrected chi connectivity index (χ3v) is 3.81. The van der Waals surface area contributed by atoms with Gasteiger partial charge in [-0.2, -0.15) is 12.6 Å². The van der Waals surface area contributed by atoms with Gasteiger partial charge in [-0.3, -0.25) is 4.79 Å². The largest absolute Gasteiger partial charge is 0.460 e. The third-order valence-electron chi connectivity index (χ3n) is 3.59. The van der Waals surface area contributed by atoms with Crippen molar-refractivity contribution >= 4 is 18.6 Å². The fourth-order valence-electron chi connectivity index (χ4n) is 2.36. The summed E-state index contributed by atoms with van der Waals surface area (Å²) >= 11 is 4.05. The van der Waals surface area contributed by atoms with Crippen molar-refractivity contribution < 1.29 is 9.53 Å². The molecular weight excluding hydrogens is 268 g/mol. The lowest BCUT2D eigenvalue weighted by atomic mass is 9.99. The number of carbonyl (C=O) groups is 1. The molecule has 0 spiro atoms. The summed E-state index contributed by atoms with van der Waals surface area (Å²) in [4.78, 5) is 11.4. The van der Waals surface area contributed by atoms with Gasteiger partial charge in [-0.05, 0) is 26.7 Å². The van der Waals surface area contributed by atoms with Gasteiger partial charge in [0.25, 0.3) is 0 Å². The minimum Gasteiger partial charge on any atom is -0.460 e. The van der Waals surface area contributed by atoms with E-state index in [9.17, 15) is 4.79 Å². The number of unbranched alkanes of at least 4 members (excludes halogenated alkanes) is 8. The monoisotopic (exact) mass is 302 g/mol. The van der Waals surface area contributed by atoms with E-state index in [1.807, 2.05) is 13.8 Å². The fraction of sp³-hybridized carbons (Fsp3) is 0.941. The number of esters is 1. The van der Waals surface area contributed by atoms with Crippen molar-refractivity contribution in [3.63, 3.8) is 0 Å². The molecule has 0 N–H and O–H groups in total. The lowest BCUT2D eigenvalue weighted by Gasteiger charge is -2.25. The molecule has 0 saturated carbocycles. The Bertz CT molecular complexity index is 239. The first-order valence-electron chi connectivity index (χ1n) is 8.34. The number of hydrogen-bond donors (Lipinski definition) is 1. The van der Waals surface area contributed by atoms with Crippen LogP contribution in [0.5, 0.6) is 0 Å². The number of thiol groups is 1. The molecule has 0 fully saturated rings. The number of carbonyl (C=O) groups excluding carboxylic acids is 1. The van der Waals surface area contributed by atoms with E-state index in [2.05, 4.69) is 19.6 Å². The van der Waals surface area contributed by atoms with Crippen molar-refractivity contribution in [2.75, 3.05) is 5.75 Å². The molecule has 2 nitrogen and oxygen atoms in total. The maximum Gasteiger partial charge on any atom is 0.307 e. The highest BCUT2D eigenvalue weighted by molar-refractivity contribution is 7.80. The maximum absolute atomic E-state index is 11.4. The van der Waals surface area contributed by atoms with E-state index in [1.165, 1.54) is 51.4 Å². The molecule has 0 rings (SSSR count). The first-order valence-corrected chi connectivity index (χ1v) is 8.98. The average molecular weight is 303 g/mol. The van der Waals surface area contributed by atoms with Gasteiger partial charge in [-0.15, -0.1) is 0 Å². The predicted octanol–water partition coefficient (Wildman–Crippen LogP) is 5.55. The van der Waals surface area contributed by atoms with Gasteiger partial charge in [-0.1, -0.05) is 58.3 Å². The molecule has 3 heteroatoms. The van der Waals surface area contributed by atoms with Crippen LogP contribution in [0.1, 0.15) is 91.4 Å². The van der Waals surface area contributed by atoms with Crippen LogP contribution in [0.2, 0.25) is 0 Å². The summed E-state index contributed by atoms with van der Waals surface area (Å²) < 4.78 is 5.46. The van der Waals surface area contributed by atoms with E-state index in [-0.39, 0.29) is 11.6 Å². The molecule has 120 valence electrons. The second kappa shape index (κ2) is 12.6. The smallest absolute Gasteiger partial charge is 0.307 e. The summed E-state index contributed by atoms with van der Waals surface area (Å²) in [5.74, 6) is 0.438. The van der Waals surface area contributed by atoms with E-state index >= 15 is 0 Å². The van der Waals surface area contributed by atoms with Gasteiger partial charge in [0, 0.05) is 5.75 Å². The van der Waals surface area contributed by atoms with Crippen LogP contribution in [0, 0.1) is 0 Å². The molecule has 0 aliphatic heterocycles. The lowest BCUT2D eigenvalue weighted by molar-refractivity contribution is -0.156. The Hall–Kier alpha value is -0.180. The summed E-state index contributed by atoms with van der Waals surface area (Å²) in [6, 6.07) is 0. The average Bonchev–Trinajstić information content (AvgIpc) is 2.36. The normalized spacial score (nSPS) is 11.6. The van der Waals surface area contributed by atoms with Gasteiger partial charge >= 0.3 is 5.97 Å². The molecule has 0 aromatic heterocycles. The predicted molar refractivity (Wildman–Crippen MR) is 90.5 cm³/mol. The van der Waals surface area contributed by atoms with E-state index in [1.54, 1.807) is 0 Å². The zero-order valence-electron chi connectivity index (χ0n) is 13.7. The van der Waals surface area contributed by atoms with Gasteiger partial charge in [0.05, 0.1) is 6.42 Å². The summed E-state index contributed by atoms with van der Waals surface area (Å²) in [7, 11) is 0. The zero-order chi connectivity index (χ0) is 15.3. The van der Waals surface area contributed by atoms with Crippen LogP contribution in [-0.2, 0) is 9.53 Å². The van der Waals surface area contributed by atoms with Crippen molar-refractivity contribution in [3.8, 4) is 0 Å². The van der Waals surface area contributed by atoms with Gasteiger partial charge in [0.1, 0.15) is 5.60 Å². The topological polar surface area (TPSA) is 26.3 Å². The minimum absolute atomic E-state index is 0.124. The maximum atomic E-state index is 11.4. The Kier molecular flexibility index (Phi) is 12.4. The molecule has 0 saturated heterocycles. The SMILES string of the molecule is CCCCCCCCCCCC(C)(C)OC(=O)CCS. The van der Waals surface area contributed by atoms with Crippen molar-refractivity contribution in [2.45, 2.75) is 97.0 Å². The van der Waals surface area contributed by atoms with Crippen LogP contribution in [0.15, 0.2) is 0 Å². The van der Waals surface area contributed by atoms with Gasteiger partial charge < -0.3 is 4.74 Å². The standard InChI is InChI=1S/C17H34O2S/c1-4-5-6-7-8-9-10-11-12-14-17(2,3)19-16(18)13-15-20/h20H,4-15H2,1-3H3. The van der Waals surface area contributed by atoms with Crippen molar-refractivity contribution in [1.29, 1.82) is 0 Å². The second-order valence-electron chi connectivity index (χ2n) is 6.29. The van der Waals surface area contributed by atoms with E-state index in [0.29, 0.717) is 12.2 Å². The molecule has 0 heterocycles. The number of ether oxygens (including phenoxy) is 1. The van der Waals surface area contributed by atoms with Crippen LogP contribution >= 0.6 is 12.6 Å². The second-order valence-corrected chi connectivity index (χ2v) is 6.73. The van der Waals surface area contributed by atoms with Crippen LogP contribution in [-0.4, -0.2) is 17.3 Å². The van der Waals surface area contributed by atoms with Gasteiger partial charge in [-0.25, -0.2) is 0 Å². The fourth-order valence-corrected chi connectivity index (χ4v) is 2.55.